The number of carboxylic acids is 1. The van der Waals surface area contributed by atoms with E-state index in [9.17, 15) is 36.9 Å². The van der Waals surface area contributed by atoms with E-state index in [1.165, 1.54) is 0 Å². The van der Waals surface area contributed by atoms with E-state index in [4.69, 9.17) is 5.11 Å². The van der Waals surface area contributed by atoms with Crippen molar-refractivity contribution < 1.29 is 36.8 Å². The summed E-state index contributed by atoms with van der Waals surface area (Å²) in [7, 11) is 0. The Bertz CT molecular complexity index is 579. The summed E-state index contributed by atoms with van der Waals surface area (Å²) in [4.78, 5) is 20.1. The number of nitro groups is 1. The normalized spacial score (nSPS) is 11.5. The smallest absolute Gasteiger partial charge is 0.338 e. The molecular formula is C10H7F5N2O4. The summed E-state index contributed by atoms with van der Waals surface area (Å²) in [6.45, 7) is -1.68. The Kier molecular flexibility index (Phi) is 4.66. The molecule has 2 N–H and O–H groups in total. The summed E-state index contributed by atoms with van der Waals surface area (Å²) >= 11 is 0. The highest BCUT2D eigenvalue weighted by Crippen LogP contribution is 2.30. The molecule has 0 atom stereocenters. The molecule has 0 aliphatic rings. The summed E-state index contributed by atoms with van der Waals surface area (Å²) in [5, 5.41) is 20.9. The zero-order chi connectivity index (χ0) is 16.4. The van der Waals surface area contributed by atoms with Crippen LogP contribution in [0, 0.1) is 15.9 Å². The maximum atomic E-state index is 13.3. The molecule has 116 valence electrons. The van der Waals surface area contributed by atoms with E-state index in [2.05, 4.69) is 0 Å². The fraction of sp³-hybridized carbons (Fsp3) is 0.300. The second-order valence-electron chi connectivity index (χ2n) is 3.83. The number of benzene rings is 1. The number of aromatic carboxylic acids is 1. The quantitative estimate of drug-likeness (QED) is 0.478. The summed E-state index contributed by atoms with van der Waals surface area (Å²) < 4.78 is 62.7. The van der Waals surface area contributed by atoms with Crippen LogP contribution < -0.4 is 5.32 Å². The number of alkyl halides is 4. The van der Waals surface area contributed by atoms with Gasteiger partial charge in [0.15, 0.2) is 0 Å². The minimum atomic E-state index is -4.49. The Labute approximate surface area is 113 Å². The van der Waals surface area contributed by atoms with Crippen LogP contribution in [0.15, 0.2) is 12.1 Å². The van der Waals surface area contributed by atoms with Gasteiger partial charge in [0.2, 0.25) is 0 Å². The molecule has 0 bridgehead atoms. The average Bonchev–Trinajstić information content (AvgIpc) is 2.36. The van der Waals surface area contributed by atoms with Crippen LogP contribution in [-0.4, -0.2) is 34.9 Å². The first-order valence-electron chi connectivity index (χ1n) is 5.17. The van der Waals surface area contributed by atoms with Crippen LogP contribution in [0.1, 0.15) is 10.4 Å². The van der Waals surface area contributed by atoms with Gasteiger partial charge < -0.3 is 10.4 Å². The number of rotatable bonds is 6. The summed E-state index contributed by atoms with van der Waals surface area (Å²) in [5.74, 6) is -7.75. The lowest BCUT2D eigenvalue weighted by atomic mass is 10.1. The molecule has 0 unspecified atom stereocenters. The molecule has 0 aliphatic heterocycles. The zero-order valence-corrected chi connectivity index (χ0v) is 9.95. The third-order valence-electron chi connectivity index (χ3n) is 2.35. The lowest BCUT2D eigenvalue weighted by molar-refractivity contribution is -0.384. The molecule has 11 heteroatoms. The third kappa shape index (κ3) is 3.77. The molecule has 0 saturated carbocycles. The van der Waals surface area contributed by atoms with Crippen molar-refractivity contribution in [3.63, 3.8) is 0 Å². The number of carbonyl (C=O) groups is 1. The van der Waals surface area contributed by atoms with Crippen LogP contribution in [0.4, 0.5) is 33.3 Å². The molecular weight excluding hydrogens is 307 g/mol. The van der Waals surface area contributed by atoms with Crippen LogP contribution in [0.3, 0.4) is 0 Å². The SMILES string of the molecule is O=C(O)c1cc(NCC(F)(F)C(F)F)c([N+](=O)[O-])cc1F. The van der Waals surface area contributed by atoms with Crippen molar-refractivity contribution in [1.29, 1.82) is 0 Å². The highest BCUT2D eigenvalue weighted by atomic mass is 19.3. The van der Waals surface area contributed by atoms with Gasteiger partial charge in [-0.2, -0.15) is 8.78 Å². The fourth-order valence-electron chi connectivity index (χ4n) is 1.31. The molecule has 0 aliphatic carbocycles. The van der Waals surface area contributed by atoms with Crippen molar-refractivity contribution in [1.82, 2.24) is 0 Å². The van der Waals surface area contributed by atoms with Crippen molar-refractivity contribution in [2.75, 3.05) is 11.9 Å². The largest absolute Gasteiger partial charge is 0.478 e. The van der Waals surface area contributed by atoms with Crippen molar-refractivity contribution in [3.05, 3.63) is 33.6 Å². The summed E-state index contributed by atoms with van der Waals surface area (Å²) in [6, 6.07) is 0.587. The summed E-state index contributed by atoms with van der Waals surface area (Å²) in [5.41, 5.74) is -2.88. The predicted octanol–water partition coefficient (Wildman–Crippen LogP) is 2.74. The monoisotopic (exact) mass is 314 g/mol. The van der Waals surface area contributed by atoms with Gasteiger partial charge in [-0.15, -0.1) is 0 Å². The van der Waals surface area contributed by atoms with Crippen LogP contribution in [0.5, 0.6) is 0 Å². The molecule has 1 rings (SSSR count). The van der Waals surface area contributed by atoms with Gasteiger partial charge in [0.25, 0.3) is 5.69 Å². The van der Waals surface area contributed by atoms with E-state index < -0.39 is 52.5 Å². The van der Waals surface area contributed by atoms with Crippen molar-refractivity contribution in [3.8, 4) is 0 Å². The Balaban J connectivity index is 3.18. The third-order valence-corrected chi connectivity index (χ3v) is 2.35. The van der Waals surface area contributed by atoms with E-state index >= 15 is 0 Å². The fourth-order valence-corrected chi connectivity index (χ4v) is 1.31. The number of carboxylic acid groups (broad SMARTS) is 1. The molecule has 0 fully saturated rings. The number of nitro benzene ring substituents is 1. The van der Waals surface area contributed by atoms with Gasteiger partial charge >= 0.3 is 18.3 Å². The number of nitrogens with one attached hydrogen (secondary N) is 1. The molecule has 1 aromatic rings. The van der Waals surface area contributed by atoms with Gasteiger partial charge in [0.1, 0.15) is 11.5 Å². The number of halogens is 5. The Morgan fingerprint density at radius 1 is 1.43 bits per heavy atom. The lowest BCUT2D eigenvalue weighted by Gasteiger charge is -2.16. The van der Waals surface area contributed by atoms with Crippen molar-refractivity contribution in [2.45, 2.75) is 12.3 Å². The molecule has 0 radical (unpaired) electrons. The first-order chi connectivity index (χ1) is 9.56. The van der Waals surface area contributed by atoms with Crippen molar-refractivity contribution in [2.24, 2.45) is 0 Å². The van der Waals surface area contributed by atoms with Crippen LogP contribution >= 0.6 is 0 Å². The van der Waals surface area contributed by atoms with E-state index in [0.717, 1.165) is 0 Å². The van der Waals surface area contributed by atoms with Gasteiger partial charge in [-0.25, -0.2) is 18.0 Å². The van der Waals surface area contributed by atoms with Gasteiger partial charge in [-0.1, -0.05) is 0 Å². The topological polar surface area (TPSA) is 92.5 Å². The van der Waals surface area contributed by atoms with E-state index in [0.29, 0.717) is 6.07 Å². The number of hydrogen-bond donors (Lipinski definition) is 2. The molecule has 0 aromatic heterocycles. The standard InChI is InChI=1S/C10H7F5N2O4/c11-5-2-7(17(20)21)6(1-4(5)8(18)19)16-3-10(14,15)9(12)13/h1-2,9,16H,3H2,(H,18,19). The highest BCUT2D eigenvalue weighted by molar-refractivity contribution is 5.90. The van der Waals surface area contributed by atoms with E-state index in [1.54, 1.807) is 5.32 Å². The van der Waals surface area contributed by atoms with Gasteiger partial charge in [0.05, 0.1) is 23.1 Å². The summed E-state index contributed by atoms with van der Waals surface area (Å²) in [6.07, 6.45) is -4.02. The van der Waals surface area contributed by atoms with Gasteiger partial charge in [-0.3, -0.25) is 10.1 Å². The first-order valence-corrected chi connectivity index (χ1v) is 5.17. The second-order valence-corrected chi connectivity index (χ2v) is 3.83. The molecule has 0 spiro atoms. The maximum absolute atomic E-state index is 13.3. The lowest BCUT2D eigenvalue weighted by Crippen LogP contribution is -2.35. The van der Waals surface area contributed by atoms with E-state index in [-0.39, 0.29) is 6.07 Å². The maximum Gasteiger partial charge on any atom is 0.338 e. The highest BCUT2D eigenvalue weighted by Gasteiger charge is 2.40. The number of hydrogen-bond acceptors (Lipinski definition) is 4. The Morgan fingerprint density at radius 2 is 2.00 bits per heavy atom. The molecule has 21 heavy (non-hydrogen) atoms. The van der Waals surface area contributed by atoms with Crippen LogP contribution in [0.2, 0.25) is 0 Å². The zero-order valence-electron chi connectivity index (χ0n) is 9.95. The number of nitrogens with zero attached hydrogens (tertiary/aromatic N) is 1. The first kappa shape index (κ1) is 16.6. The van der Waals surface area contributed by atoms with Crippen LogP contribution in [0.25, 0.3) is 0 Å². The van der Waals surface area contributed by atoms with Gasteiger partial charge in [-0.05, 0) is 6.07 Å². The number of anilines is 1. The molecule has 0 saturated heterocycles. The van der Waals surface area contributed by atoms with Crippen molar-refractivity contribution >= 4 is 17.3 Å². The van der Waals surface area contributed by atoms with E-state index in [1.807, 2.05) is 0 Å². The van der Waals surface area contributed by atoms with Gasteiger partial charge in [0, 0.05) is 0 Å². The minimum Gasteiger partial charge on any atom is -0.478 e. The molecule has 0 heterocycles. The predicted molar refractivity (Wildman–Crippen MR) is 59.5 cm³/mol. The average molecular weight is 314 g/mol. The molecule has 1 aromatic carbocycles. The Morgan fingerprint density at radius 3 is 2.43 bits per heavy atom. The second kappa shape index (κ2) is 5.89. The molecule has 6 nitrogen and oxygen atoms in total. The van der Waals surface area contributed by atoms with Crippen LogP contribution in [-0.2, 0) is 0 Å². The Hall–Kier alpha value is -2.46. The minimum absolute atomic E-state index is 0.201. The molecule has 0 amide bonds.